The molecule has 0 amide bonds. The van der Waals surface area contributed by atoms with Crippen LogP contribution in [0.3, 0.4) is 0 Å². The van der Waals surface area contributed by atoms with Crippen molar-refractivity contribution >= 4 is 21.5 Å². The van der Waals surface area contributed by atoms with Crippen LogP contribution in [0.2, 0.25) is 0 Å². The topological polar surface area (TPSA) is 9.23 Å². The normalized spacial score (nSPS) is 10.9. The Morgan fingerprint density at radius 1 is 0.792 bits per heavy atom. The number of fused-ring (bicyclic) bond motifs is 2. The quantitative estimate of drug-likeness (QED) is 0.310. The second-order valence-electron chi connectivity index (χ2n) is 5.91. The van der Waals surface area contributed by atoms with Crippen LogP contribution in [0.25, 0.3) is 32.7 Å². The molecule has 0 saturated carbocycles. The van der Waals surface area contributed by atoms with Gasteiger partial charge in [-0.15, -0.1) is 0 Å². The molecule has 0 aromatic heterocycles. The molecule has 0 aliphatic rings. The van der Waals surface area contributed by atoms with Gasteiger partial charge in [-0.25, -0.2) is 0 Å². The van der Waals surface area contributed by atoms with Crippen molar-refractivity contribution in [1.29, 1.82) is 0 Å². The van der Waals surface area contributed by atoms with Crippen molar-refractivity contribution in [3.63, 3.8) is 0 Å². The molecule has 116 valence electrons. The predicted octanol–water partition coefficient (Wildman–Crippen LogP) is 6.49. The number of hydrogen-bond acceptors (Lipinski definition) is 1. The van der Waals surface area contributed by atoms with Gasteiger partial charge < -0.3 is 4.74 Å². The highest BCUT2D eigenvalue weighted by molar-refractivity contribution is 6.13. The Morgan fingerprint density at radius 3 is 2.04 bits per heavy atom. The maximum Gasteiger partial charge on any atom is 0.130 e. The van der Waals surface area contributed by atoms with Crippen LogP contribution < -0.4 is 4.74 Å². The summed E-state index contributed by atoms with van der Waals surface area (Å²) in [5.41, 5.74) is 3.58. The van der Waals surface area contributed by atoms with E-state index in [1.165, 1.54) is 38.9 Å². The first-order valence-electron chi connectivity index (χ1n) is 8.07. The minimum Gasteiger partial charge on any atom is -0.465 e. The Hall–Kier alpha value is -3.06. The van der Waals surface area contributed by atoms with E-state index in [1.54, 1.807) is 0 Å². The van der Waals surface area contributed by atoms with Gasteiger partial charge in [-0.05, 0) is 57.3 Å². The van der Waals surface area contributed by atoms with Crippen LogP contribution in [0, 0.1) is 6.92 Å². The van der Waals surface area contributed by atoms with Gasteiger partial charge in [0, 0.05) is 0 Å². The average molecular weight is 310 g/mol. The second kappa shape index (κ2) is 5.86. The molecule has 0 atom stereocenters. The summed E-state index contributed by atoms with van der Waals surface area (Å²) in [5.74, 6) is 0.847. The predicted molar refractivity (Wildman–Crippen MR) is 102 cm³/mol. The fourth-order valence-electron chi connectivity index (χ4n) is 3.41. The van der Waals surface area contributed by atoms with Gasteiger partial charge in [-0.2, -0.15) is 0 Å². The smallest absolute Gasteiger partial charge is 0.130 e. The lowest BCUT2D eigenvalue weighted by molar-refractivity contribution is 0.480. The standard InChI is InChI=1S/C23H18O/c1-3-24-22-14-8-13-19(16(22)2)23-20-11-6-4-9-17(20)15-18-10-5-7-12-21(18)23/h3-15H,1H2,2H3. The maximum atomic E-state index is 5.59. The van der Waals surface area contributed by atoms with Crippen molar-refractivity contribution in [3.05, 3.63) is 91.2 Å². The molecule has 0 fully saturated rings. The van der Waals surface area contributed by atoms with E-state index >= 15 is 0 Å². The van der Waals surface area contributed by atoms with Crippen LogP contribution in [0.1, 0.15) is 5.56 Å². The highest BCUT2D eigenvalue weighted by Crippen LogP contribution is 2.39. The summed E-state index contributed by atoms with van der Waals surface area (Å²) in [6.07, 6.45) is 1.48. The second-order valence-corrected chi connectivity index (χ2v) is 5.91. The number of ether oxygens (including phenoxy) is 1. The van der Waals surface area contributed by atoms with Gasteiger partial charge in [0.25, 0.3) is 0 Å². The Kier molecular flexibility index (Phi) is 3.55. The molecule has 0 aliphatic carbocycles. The minimum absolute atomic E-state index is 0.847. The van der Waals surface area contributed by atoms with Crippen molar-refractivity contribution in [2.24, 2.45) is 0 Å². The summed E-state index contributed by atoms with van der Waals surface area (Å²) in [5, 5.41) is 5.02. The lowest BCUT2D eigenvalue weighted by atomic mass is 9.90. The zero-order valence-electron chi connectivity index (χ0n) is 13.6. The molecule has 0 spiro atoms. The van der Waals surface area contributed by atoms with E-state index in [4.69, 9.17) is 4.74 Å². The SMILES string of the molecule is C=COc1cccc(-c2c3ccccc3cc3ccccc23)c1C. The fraction of sp³-hybridized carbons (Fsp3) is 0.0435. The molecule has 0 radical (unpaired) electrons. The van der Waals surface area contributed by atoms with Crippen molar-refractivity contribution in [3.8, 4) is 16.9 Å². The molecule has 4 aromatic rings. The molecule has 0 heterocycles. The molecule has 1 heteroatoms. The van der Waals surface area contributed by atoms with E-state index < -0.39 is 0 Å². The van der Waals surface area contributed by atoms with E-state index in [2.05, 4.69) is 74.2 Å². The fourth-order valence-corrected chi connectivity index (χ4v) is 3.41. The van der Waals surface area contributed by atoms with Crippen LogP contribution >= 0.6 is 0 Å². The molecule has 0 aliphatic heterocycles. The van der Waals surface area contributed by atoms with E-state index in [0.29, 0.717) is 0 Å². The third-order valence-corrected chi connectivity index (χ3v) is 4.53. The van der Waals surface area contributed by atoms with Gasteiger partial charge in [0.15, 0.2) is 0 Å². The molecule has 4 rings (SSSR count). The molecular weight excluding hydrogens is 292 g/mol. The van der Waals surface area contributed by atoms with Gasteiger partial charge in [0.05, 0.1) is 6.26 Å². The molecular formula is C23H18O. The Morgan fingerprint density at radius 2 is 1.42 bits per heavy atom. The first kappa shape index (κ1) is 14.5. The highest BCUT2D eigenvalue weighted by atomic mass is 16.5. The van der Waals surface area contributed by atoms with Gasteiger partial charge in [0.2, 0.25) is 0 Å². The molecule has 0 saturated heterocycles. The summed E-state index contributed by atoms with van der Waals surface area (Å²) in [6.45, 7) is 5.78. The zero-order chi connectivity index (χ0) is 16.5. The summed E-state index contributed by atoms with van der Waals surface area (Å²) in [4.78, 5) is 0. The maximum absolute atomic E-state index is 5.59. The van der Waals surface area contributed by atoms with Crippen molar-refractivity contribution < 1.29 is 4.74 Å². The van der Waals surface area contributed by atoms with E-state index in [-0.39, 0.29) is 0 Å². The lowest BCUT2D eigenvalue weighted by Gasteiger charge is -2.15. The third kappa shape index (κ3) is 2.26. The monoisotopic (exact) mass is 310 g/mol. The summed E-state index contributed by atoms with van der Waals surface area (Å²) < 4.78 is 5.59. The zero-order valence-corrected chi connectivity index (χ0v) is 13.6. The summed E-state index contributed by atoms with van der Waals surface area (Å²) in [6, 6.07) is 25.5. The van der Waals surface area contributed by atoms with E-state index in [1.807, 2.05) is 12.1 Å². The molecule has 24 heavy (non-hydrogen) atoms. The molecule has 0 unspecified atom stereocenters. The molecule has 0 bridgehead atoms. The Labute approximate surface area is 141 Å². The lowest BCUT2D eigenvalue weighted by Crippen LogP contribution is -1.91. The molecule has 4 aromatic carbocycles. The highest BCUT2D eigenvalue weighted by Gasteiger charge is 2.13. The van der Waals surface area contributed by atoms with Crippen molar-refractivity contribution in [2.75, 3.05) is 0 Å². The Balaban J connectivity index is 2.15. The van der Waals surface area contributed by atoms with Gasteiger partial charge in [-0.3, -0.25) is 0 Å². The Bertz CT molecular complexity index is 1010. The van der Waals surface area contributed by atoms with Crippen LogP contribution in [-0.2, 0) is 0 Å². The third-order valence-electron chi connectivity index (χ3n) is 4.53. The van der Waals surface area contributed by atoms with Crippen molar-refractivity contribution in [2.45, 2.75) is 6.92 Å². The van der Waals surface area contributed by atoms with Crippen LogP contribution in [-0.4, -0.2) is 0 Å². The summed E-state index contributed by atoms with van der Waals surface area (Å²) >= 11 is 0. The van der Waals surface area contributed by atoms with Crippen LogP contribution in [0.15, 0.2) is 85.6 Å². The summed E-state index contributed by atoms with van der Waals surface area (Å²) in [7, 11) is 0. The molecule has 0 N–H and O–H groups in total. The number of hydrogen-bond donors (Lipinski definition) is 0. The number of rotatable bonds is 3. The van der Waals surface area contributed by atoms with Crippen LogP contribution in [0.4, 0.5) is 0 Å². The van der Waals surface area contributed by atoms with Crippen molar-refractivity contribution in [1.82, 2.24) is 0 Å². The number of benzene rings is 4. The largest absolute Gasteiger partial charge is 0.465 e. The first-order chi connectivity index (χ1) is 11.8. The van der Waals surface area contributed by atoms with Gasteiger partial charge in [-0.1, -0.05) is 67.2 Å². The van der Waals surface area contributed by atoms with Gasteiger partial charge >= 0.3 is 0 Å². The van der Waals surface area contributed by atoms with E-state index in [9.17, 15) is 0 Å². The first-order valence-corrected chi connectivity index (χ1v) is 8.07. The van der Waals surface area contributed by atoms with E-state index in [0.717, 1.165) is 11.3 Å². The van der Waals surface area contributed by atoms with Crippen LogP contribution in [0.5, 0.6) is 5.75 Å². The average Bonchev–Trinajstić information content (AvgIpc) is 2.62. The molecule has 1 nitrogen and oxygen atoms in total. The van der Waals surface area contributed by atoms with Gasteiger partial charge in [0.1, 0.15) is 5.75 Å². The minimum atomic E-state index is 0.847.